The Labute approximate surface area is 160 Å². The number of piperidine rings is 1. The zero-order valence-electron chi connectivity index (χ0n) is 16.0. The van der Waals surface area contributed by atoms with Gasteiger partial charge in [0.15, 0.2) is 0 Å². The molecule has 1 atom stereocenters. The number of carbonyl (C=O) groups is 1. The van der Waals surface area contributed by atoms with Gasteiger partial charge in [-0.15, -0.1) is 0 Å². The summed E-state index contributed by atoms with van der Waals surface area (Å²) in [6, 6.07) is 0. The fourth-order valence-corrected chi connectivity index (χ4v) is 4.11. The second kappa shape index (κ2) is 7.98. The normalized spacial score (nSPS) is 25.1. The van der Waals surface area contributed by atoms with Crippen LogP contribution in [0.2, 0.25) is 0 Å². The van der Waals surface area contributed by atoms with Gasteiger partial charge in [0, 0.05) is 70.1 Å². The maximum Gasteiger partial charge on any atom is 0.410 e. The fourth-order valence-electron chi connectivity index (χ4n) is 4.11. The Bertz CT molecular complexity index is 639. The summed E-state index contributed by atoms with van der Waals surface area (Å²) < 4.78 is 11.3. The van der Waals surface area contributed by atoms with Crippen molar-refractivity contribution in [1.82, 2.24) is 19.8 Å². The van der Waals surface area contributed by atoms with Crippen molar-refractivity contribution in [3.8, 4) is 0 Å². The van der Waals surface area contributed by atoms with Crippen LogP contribution in [0.25, 0.3) is 0 Å². The zero-order valence-corrected chi connectivity index (χ0v) is 16.0. The quantitative estimate of drug-likeness (QED) is 0.813. The average molecular weight is 375 g/mol. The first-order valence-electron chi connectivity index (χ1n) is 10.0. The molecule has 1 amide bonds. The molecule has 1 aromatic rings. The molecule has 0 aliphatic carbocycles. The third-order valence-corrected chi connectivity index (χ3v) is 5.81. The largest absolute Gasteiger partial charge is 0.441 e. The second-order valence-corrected chi connectivity index (χ2v) is 7.77. The molecule has 4 rings (SSSR count). The summed E-state index contributed by atoms with van der Waals surface area (Å²) in [4.78, 5) is 24.9. The Balaban J connectivity index is 1.24. The number of anilines is 1. The molecule has 3 aliphatic heterocycles. The van der Waals surface area contributed by atoms with Gasteiger partial charge in [-0.25, -0.2) is 14.8 Å². The fraction of sp³-hybridized carbons (Fsp3) is 0.737. The van der Waals surface area contributed by atoms with Crippen molar-refractivity contribution in [3.63, 3.8) is 0 Å². The van der Waals surface area contributed by atoms with Crippen molar-refractivity contribution in [2.24, 2.45) is 0 Å². The number of carbonyl (C=O) groups excluding carboxylic acids is 1. The molecule has 0 saturated carbocycles. The third-order valence-electron chi connectivity index (χ3n) is 5.81. The minimum atomic E-state index is -0.282. The number of aromatic nitrogens is 2. The van der Waals surface area contributed by atoms with Crippen LogP contribution in [0.15, 0.2) is 12.4 Å². The molecule has 27 heavy (non-hydrogen) atoms. The summed E-state index contributed by atoms with van der Waals surface area (Å²) in [5, 5.41) is 3.25. The molecular weight excluding hydrogens is 346 g/mol. The molecular formula is C19H29N5O3. The first-order chi connectivity index (χ1) is 13.2. The van der Waals surface area contributed by atoms with Crippen LogP contribution in [0.1, 0.15) is 38.2 Å². The number of rotatable bonds is 6. The minimum Gasteiger partial charge on any atom is -0.441 e. The summed E-state index contributed by atoms with van der Waals surface area (Å²) in [6.45, 7) is 7.73. The van der Waals surface area contributed by atoms with Gasteiger partial charge in [-0.1, -0.05) is 0 Å². The number of ether oxygens (including phenoxy) is 2. The summed E-state index contributed by atoms with van der Waals surface area (Å²) in [7, 11) is 0. The number of nitrogens with one attached hydrogen (secondary N) is 1. The van der Waals surface area contributed by atoms with E-state index in [0.717, 1.165) is 77.1 Å². The molecule has 1 N–H and O–H groups in total. The highest BCUT2D eigenvalue weighted by atomic mass is 16.6. The van der Waals surface area contributed by atoms with E-state index < -0.39 is 0 Å². The standard InChI is InChI=1S/C19H29N5O3/c1-2-24-14-19(27-18(24)25)5-7-23(8-6-19)13-15-10-20-17(21-11-15)22-12-16-4-3-9-26-16/h10-11,16H,2-9,12-14H2,1H3,(H,20,21,22)/t16-/m1/s1. The van der Waals surface area contributed by atoms with E-state index in [0.29, 0.717) is 5.95 Å². The van der Waals surface area contributed by atoms with Crippen molar-refractivity contribution in [3.05, 3.63) is 18.0 Å². The van der Waals surface area contributed by atoms with E-state index in [-0.39, 0.29) is 17.8 Å². The topological polar surface area (TPSA) is 79.8 Å². The molecule has 3 saturated heterocycles. The van der Waals surface area contributed by atoms with Crippen molar-refractivity contribution in [2.45, 2.75) is 50.9 Å². The number of hydrogen-bond acceptors (Lipinski definition) is 7. The van der Waals surface area contributed by atoms with Gasteiger partial charge in [-0.2, -0.15) is 0 Å². The smallest absolute Gasteiger partial charge is 0.410 e. The molecule has 0 bridgehead atoms. The summed E-state index contributed by atoms with van der Waals surface area (Å²) in [6.07, 6.45) is 7.92. The van der Waals surface area contributed by atoms with Gasteiger partial charge in [0.25, 0.3) is 0 Å². The van der Waals surface area contributed by atoms with E-state index in [4.69, 9.17) is 9.47 Å². The van der Waals surface area contributed by atoms with E-state index in [1.54, 1.807) is 4.90 Å². The lowest BCUT2D eigenvalue weighted by molar-refractivity contribution is -0.00126. The Morgan fingerprint density at radius 1 is 1.30 bits per heavy atom. The zero-order chi connectivity index (χ0) is 18.7. The number of amides is 1. The van der Waals surface area contributed by atoms with E-state index in [1.807, 2.05) is 19.3 Å². The molecule has 3 aliphatic rings. The van der Waals surface area contributed by atoms with Crippen molar-refractivity contribution >= 4 is 12.0 Å². The summed E-state index contributed by atoms with van der Waals surface area (Å²) in [5.41, 5.74) is 0.822. The van der Waals surface area contributed by atoms with Gasteiger partial charge in [0.05, 0.1) is 12.6 Å². The van der Waals surface area contributed by atoms with Crippen LogP contribution in [0.3, 0.4) is 0 Å². The van der Waals surface area contributed by atoms with Crippen LogP contribution in [0.5, 0.6) is 0 Å². The van der Waals surface area contributed by atoms with E-state index >= 15 is 0 Å². The van der Waals surface area contributed by atoms with E-state index in [9.17, 15) is 4.79 Å². The van der Waals surface area contributed by atoms with Crippen LogP contribution in [-0.4, -0.2) is 76.9 Å². The number of nitrogens with zero attached hydrogens (tertiary/aromatic N) is 4. The van der Waals surface area contributed by atoms with E-state index in [1.165, 1.54) is 0 Å². The van der Waals surface area contributed by atoms with Crippen LogP contribution >= 0.6 is 0 Å². The van der Waals surface area contributed by atoms with Crippen molar-refractivity contribution in [1.29, 1.82) is 0 Å². The predicted octanol–water partition coefficient (Wildman–Crippen LogP) is 1.87. The van der Waals surface area contributed by atoms with Gasteiger partial charge >= 0.3 is 6.09 Å². The maximum absolute atomic E-state index is 11.9. The maximum atomic E-state index is 11.9. The molecule has 148 valence electrons. The van der Waals surface area contributed by atoms with Gasteiger partial charge in [0.2, 0.25) is 5.95 Å². The molecule has 0 unspecified atom stereocenters. The molecule has 8 heteroatoms. The van der Waals surface area contributed by atoms with E-state index in [2.05, 4.69) is 20.2 Å². The number of likely N-dealkylation sites (tertiary alicyclic amines) is 1. The van der Waals surface area contributed by atoms with Gasteiger partial charge < -0.3 is 19.7 Å². The summed E-state index contributed by atoms with van der Waals surface area (Å²) in [5.74, 6) is 0.657. The first kappa shape index (κ1) is 18.4. The van der Waals surface area contributed by atoms with Crippen LogP contribution < -0.4 is 5.32 Å². The summed E-state index contributed by atoms with van der Waals surface area (Å²) >= 11 is 0. The Morgan fingerprint density at radius 3 is 2.70 bits per heavy atom. The third kappa shape index (κ3) is 4.32. The van der Waals surface area contributed by atoms with Crippen molar-refractivity contribution in [2.75, 3.05) is 44.6 Å². The lowest BCUT2D eigenvalue weighted by Gasteiger charge is -2.37. The Kier molecular flexibility index (Phi) is 5.45. The van der Waals surface area contributed by atoms with Gasteiger partial charge in [-0.3, -0.25) is 4.90 Å². The lowest BCUT2D eigenvalue weighted by Crippen LogP contribution is -2.46. The average Bonchev–Trinajstić information content (AvgIpc) is 3.31. The second-order valence-electron chi connectivity index (χ2n) is 7.77. The first-order valence-corrected chi connectivity index (χ1v) is 10.0. The minimum absolute atomic E-state index is 0.162. The van der Waals surface area contributed by atoms with Crippen LogP contribution in [0, 0.1) is 0 Å². The lowest BCUT2D eigenvalue weighted by atomic mass is 9.91. The highest BCUT2D eigenvalue weighted by Gasteiger charge is 2.46. The SMILES string of the molecule is CCN1CC2(CCN(Cc3cnc(NC[C@H]4CCCO4)nc3)CC2)OC1=O. The van der Waals surface area contributed by atoms with Gasteiger partial charge in [0.1, 0.15) is 5.60 Å². The van der Waals surface area contributed by atoms with Crippen molar-refractivity contribution < 1.29 is 14.3 Å². The Hall–Kier alpha value is -1.93. The molecule has 3 fully saturated rings. The highest BCUT2D eigenvalue weighted by Crippen LogP contribution is 2.33. The predicted molar refractivity (Wildman–Crippen MR) is 100 cm³/mol. The van der Waals surface area contributed by atoms with Crippen LogP contribution in [0.4, 0.5) is 10.7 Å². The number of hydrogen-bond donors (Lipinski definition) is 1. The highest BCUT2D eigenvalue weighted by molar-refractivity contribution is 5.70. The number of likely N-dealkylation sites (N-methyl/N-ethyl adjacent to an activating group) is 1. The molecule has 1 aromatic heterocycles. The molecule has 4 heterocycles. The molecule has 8 nitrogen and oxygen atoms in total. The molecule has 1 spiro atoms. The van der Waals surface area contributed by atoms with Crippen LogP contribution in [-0.2, 0) is 16.0 Å². The van der Waals surface area contributed by atoms with Gasteiger partial charge in [-0.05, 0) is 19.8 Å². The Morgan fingerprint density at radius 2 is 2.07 bits per heavy atom. The molecule has 0 aromatic carbocycles. The molecule has 0 radical (unpaired) electrons. The monoisotopic (exact) mass is 375 g/mol.